The van der Waals surface area contributed by atoms with Crippen molar-refractivity contribution in [3.8, 4) is 0 Å². The first-order chi connectivity index (χ1) is 9.65. The lowest BCUT2D eigenvalue weighted by Crippen LogP contribution is -2.04. The summed E-state index contributed by atoms with van der Waals surface area (Å²) in [5.74, 6) is 0. The van der Waals surface area contributed by atoms with Crippen molar-refractivity contribution >= 4 is 79.7 Å². The molecule has 104 valence electrons. The highest BCUT2D eigenvalue weighted by molar-refractivity contribution is 14.2. The van der Waals surface area contributed by atoms with Crippen LogP contribution in [0.25, 0.3) is 21.8 Å². The van der Waals surface area contributed by atoms with Crippen LogP contribution >= 0.6 is 57.9 Å². The fourth-order valence-corrected chi connectivity index (χ4v) is 4.96. The van der Waals surface area contributed by atoms with Crippen molar-refractivity contribution in [2.75, 3.05) is 6.54 Å². The molecule has 0 saturated carbocycles. The summed E-state index contributed by atoms with van der Waals surface area (Å²) in [7, 11) is 1.67. The van der Waals surface area contributed by atoms with Crippen molar-refractivity contribution in [2.24, 2.45) is 5.73 Å². The molecule has 3 rings (SSSR count). The number of nitrogens with two attached hydrogens (primary N) is 1. The number of aromatic nitrogens is 1. The quantitative estimate of drug-likeness (QED) is 0.497. The van der Waals surface area contributed by atoms with Crippen molar-refractivity contribution in [1.29, 1.82) is 0 Å². The normalized spacial score (nSPS) is 11.6. The van der Waals surface area contributed by atoms with Crippen LogP contribution in [0.5, 0.6) is 0 Å². The molecule has 0 amide bonds. The standard InChI is InChI=1S/C14H11BrClIN2S/c15-9-5-8(3-4-18)14-12(6-9)11-7-10(16)1-2-13(11)19(14)20-17/h1-2,5-7H,3-4,18H2. The van der Waals surface area contributed by atoms with Gasteiger partial charge in [0, 0.05) is 50.6 Å². The number of benzene rings is 2. The van der Waals surface area contributed by atoms with E-state index in [-0.39, 0.29) is 0 Å². The first-order valence-corrected chi connectivity index (χ1v) is 10.6. The van der Waals surface area contributed by atoms with Crippen molar-refractivity contribution < 1.29 is 0 Å². The maximum Gasteiger partial charge on any atom is 0.0645 e. The van der Waals surface area contributed by atoms with Crippen LogP contribution in [-0.2, 0) is 6.42 Å². The summed E-state index contributed by atoms with van der Waals surface area (Å²) in [6.07, 6.45) is 0.858. The SMILES string of the molecule is NCCc1cc(Br)cc2c3cc(Cl)ccc3n(SI)c12. The third-order valence-electron chi connectivity index (χ3n) is 3.31. The van der Waals surface area contributed by atoms with Crippen LogP contribution in [0.4, 0.5) is 0 Å². The zero-order valence-electron chi connectivity index (χ0n) is 10.4. The minimum atomic E-state index is 0.639. The van der Waals surface area contributed by atoms with Gasteiger partial charge < -0.3 is 5.73 Å². The van der Waals surface area contributed by atoms with E-state index in [0.29, 0.717) is 6.54 Å². The average Bonchev–Trinajstić information content (AvgIpc) is 2.72. The smallest absolute Gasteiger partial charge is 0.0645 e. The summed E-state index contributed by atoms with van der Waals surface area (Å²) in [5, 5.41) is 3.15. The zero-order valence-corrected chi connectivity index (χ0v) is 15.7. The lowest BCUT2D eigenvalue weighted by Gasteiger charge is -2.07. The van der Waals surface area contributed by atoms with Crippen LogP contribution in [0.1, 0.15) is 5.56 Å². The van der Waals surface area contributed by atoms with Crippen LogP contribution < -0.4 is 5.73 Å². The van der Waals surface area contributed by atoms with Gasteiger partial charge in [0.2, 0.25) is 0 Å². The molecule has 0 atom stereocenters. The Morgan fingerprint density at radius 2 is 2.05 bits per heavy atom. The third kappa shape index (κ3) is 2.47. The lowest BCUT2D eigenvalue weighted by atomic mass is 10.1. The Morgan fingerprint density at radius 1 is 1.25 bits per heavy atom. The lowest BCUT2D eigenvalue weighted by molar-refractivity contribution is 0.973. The maximum atomic E-state index is 6.16. The molecule has 20 heavy (non-hydrogen) atoms. The minimum absolute atomic E-state index is 0.639. The Kier molecular flexibility index (Phi) is 4.52. The molecule has 1 heterocycles. The summed E-state index contributed by atoms with van der Waals surface area (Å²) >= 11 is 12.1. The number of rotatable bonds is 3. The van der Waals surface area contributed by atoms with Crippen LogP contribution in [-0.4, -0.2) is 10.5 Å². The van der Waals surface area contributed by atoms with E-state index < -0.39 is 0 Å². The van der Waals surface area contributed by atoms with Gasteiger partial charge in [-0.1, -0.05) is 27.5 Å². The molecule has 2 nitrogen and oxygen atoms in total. The predicted octanol–water partition coefficient (Wildman–Crippen LogP) is 5.56. The Bertz CT molecular complexity index is 803. The van der Waals surface area contributed by atoms with Crippen molar-refractivity contribution in [2.45, 2.75) is 6.42 Å². The molecule has 6 heteroatoms. The summed E-state index contributed by atoms with van der Waals surface area (Å²) in [6, 6.07) is 10.3. The van der Waals surface area contributed by atoms with E-state index in [0.717, 1.165) is 15.9 Å². The van der Waals surface area contributed by atoms with E-state index in [2.05, 4.69) is 59.3 Å². The molecule has 0 radical (unpaired) electrons. The van der Waals surface area contributed by atoms with Gasteiger partial charge in [-0.15, -0.1) is 0 Å². The molecule has 0 saturated heterocycles. The predicted molar refractivity (Wildman–Crippen MR) is 102 cm³/mol. The number of fused-ring (bicyclic) bond motifs is 3. The van der Waals surface area contributed by atoms with Crippen LogP contribution in [0.2, 0.25) is 5.02 Å². The topological polar surface area (TPSA) is 30.9 Å². The summed E-state index contributed by atoms with van der Waals surface area (Å²) in [5.41, 5.74) is 9.43. The Hall–Kier alpha value is 0.0500. The summed E-state index contributed by atoms with van der Waals surface area (Å²) in [4.78, 5) is 0. The highest BCUT2D eigenvalue weighted by atomic mass is 127. The highest BCUT2D eigenvalue weighted by Gasteiger charge is 2.15. The van der Waals surface area contributed by atoms with Crippen molar-refractivity contribution in [3.05, 3.63) is 45.4 Å². The van der Waals surface area contributed by atoms with E-state index in [1.807, 2.05) is 12.1 Å². The van der Waals surface area contributed by atoms with Gasteiger partial charge in [-0.05, 0) is 48.9 Å². The minimum Gasteiger partial charge on any atom is -0.330 e. The highest BCUT2D eigenvalue weighted by Crippen LogP contribution is 2.39. The molecule has 2 aromatic carbocycles. The summed E-state index contributed by atoms with van der Waals surface area (Å²) in [6.45, 7) is 0.639. The van der Waals surface area contributed by atoms with Gasteiger partial charge in [-0.3, -0.25) is 3.97 Å². The van der Waals surface area contributed by atoms with Gasteiger partial charge >= 0.3 is 0 Å². The van der Waals surface area contributed by atoms with Gasteiger partial charge in [0.25, 0.3) is 0 Å². The van der Waals surface area contributed by atoms with E-state index in [1.165, 1.54) is 27.4 Å². The molecular weight excluding hydrogens is 470 g/mol. The average molecular weight is 482 g/mol. The molecule has 2 N–H and O–H groups in total. The molecule has 0 aliphatic carbocycles. The number of hydrogen-bond acceptors (Lipinski definition) is 2. The first kappa shape index (κ1) is 15.0. The maximum absolute atomic E-state index is 6.16. The molecule has 0 spiro atoms. The van der Waals surface area contributed by atoms with Gasteiger partial charge in [-0.25, -0.2) is 0 Å². The molecule has 0 unspecified atom stereocenters. The molecule has 0 bridgehead atoms. The van der Waals surface area contributed by atoms with E-state index in [9.17, 15) is 0 Å². The monoisotopic (exact) mass is 480 g/mol. The van der Waals surface area contributed by atoms with Crippen LogP contribution in [0.3, 0.4) is 0 Å². The number of hydrogen-bond donors (Lipinski definition) is 1. The van der Waals surface area contributed by atoms with Gasteiger partial charge in [0.15, 0.2) is 0 Å². The molecule has 0 aliphatic heterocycles. The Morgan fingerprint density at radius 3 is 2.75 bits per heavy atom. The summed E-state index contributed by atoms with van der Waals surface area (Å²) < 4.78 is 3.32. The van der Waals surface area contributed by atoms with E-state index in [4.69, 9.17) is 17.3 Å². The molecule has 1 aromatic heterocycles. The second-order valence-electron chi connectivity index (χ2n) is 4.52. The van der Waals surface area contributed by atoms with Crippen molar-refractivity contribution in [3.63, 3.8) is 0 Å². The Balaban J connectivity index is 2.51. The second-order valence-corrected chi connectivity index (χ2v) is 7.56. The van der Waals surface area contributed by atoms with Crippen LogP contribution in [0.15, 0.2) is 34.8 Å². The van der Waals surface area contributed by atoms with E-state index >= 15 is 0 Å². The van der Waals surface area contributed by atoms with Gasteiger partial charge in [0.1, 0.15) is 0 Å². The fraction of sp³-hybridized carbons (Fsp3) is 0.143. The Labute approximate surface area is 146 Å². The number of nitrogens with zero attached hydrogens (tertiary/aromatic N) is 1. The number of halogens is 3. The fourth-order valence-electron chi connectivity index (χ4n) is 2.54. The second kappa shape index (κ2) is 6.04. The zero-order chi connectivity index (χ0) is 14.3. The first-order valence-electron chi connectivity index (χ1n) is 6.07. The van der Waals surface area contributed by atoms with Gasteiger partial charge in [0.05, 0.1) is 11.0 Å². The van der Waals surface area contributed by atoms with E-state index in [1.54, 1.807) is 9.12 Å². The third-order valence-corrected chi connectivity index (χ3v) is 5.70. The largest absolute Gasteiger partial charge is 0.330 e. The molecule has 3 aromatic rings. The molecular formula is C14H11BrClIN2S. The molecule has 0 aliphatic rings. The molecule has 0 fully saturated rings. The van der Waals surface area contributed by atoms with Gasteiger partial charge in [-0.2, -0.15) is 0 Å². The van der Waals surface area contributed by atoms with Crippen molar-refractivity contribution in [1.82, 2.24) is 3.97 Å². The van der Waals surface area contributed by atoms with Crippen LogP contribution in [0, 0.1) is 0 Å².